The smallest absolute Gasteiger partial charge is 0.169 e. The molecule has 1 unspecified atom stereocenters. The molecule has 4 rings (SSSR count). The van der Waals surface area contributed by atoms with E-state index in [9.17, 15) is 4.79 Å². The maximum absolute atomic E-state index is 13.3. The zero-order valence-electron chi connectivity index (χ0n) is 18.1. The molecule has 0 aromatic heterocycles. The van der Waals surface area contributed by atoms with Gasteiger partial charge in [0.25, 0.3) is 0 Å². The van der Waals surface area contributed by atoms with Crippen LogP contribution < -0.4 is 9.47 Å². The lowest BCUT2D eigenvalue weighted by Gasteiger charge is -2.35. The average Bonchev–Trinajstić information content (AvgIpc) is 2.98. The number of halogens is 1. The predicted octanol–water partition coefficient (Wildman–Crippen LogP) is 5.17. The zero-order valence-corrected chi connectivity index (χ0v) is 19.0. The van der Waals surface area contributed by atoms with E-state index in [1.807, 2.05) is 12.1 Å². The number of fused-ring (bicyclic) bond motifs is 1. The molecule has 1 saturated heterocycles. The van der Waals surface area contributed by atoms with Gasteiger partial charge in [-0.05, 0) is 68.0 Å². The number of benzene rings is 2. The summed E-state index contributed by atoms with van der Waals surface area (Å²) in [6.45, 7) is 5.39. The molecule has 0 bridgehead atoms. The first-order chi connectivity index (χ1) is 14.0. The van der Waals surface area contributed by atoms with Crippen molar-refractivity contribution in [2.75, 3.05) is 27.3 Å². The molecule has 0 amide bonds. The minimum atomic E-state index is -0.314. The Morgan fingerprint density at radius 1 is 1.03 bits per heavy atom. The van der Waals surface area contributed by atoms with E-state index in [1.165, 1.54) is 18.4 Å². The van der Waals surface area contributed by atoms with E-state index in [0.717, 1.165) is 43.6 Å². The highest BCUT2D eigenvalue weighted by molar-refractivity contribution is 6.05. The highest BCUT2D eigenvalue weighted by atomic mass is 35.5. The number of nitrogens with zero attached hydrogens (tertiary/aromatic N) is 1. The second kappa shape index (κ2) is 9.40. The number of hydrogen-bond donors (Lipinski definition) is 0. The van der Waals surface area contributed by atoms with Crippen LogP contribution in [0.5, 0.6) is 11.5 Å². The van der Waals surface area contributed by atoms with E-state index in [4.69, 9.17) is 9.47 Å². The van der Waals surface area contributed by atoms with Crippen LogP contribution in [0.4, 0.5) is 0 Å². The lowest BCUT2D eigenvalue weighted by atomic mass is 9.75. The first kappa shape index (κ1) is 22.6. The fraction of sp³-hybridized carbons (Fsp3) is 0.480. The molecule has 0 saturated carbocycles. The average molecular weight is 430 g/mol. The SMILES string of the molecule is COc1cc2c(cc1OC)C(=O)C(C)(CC1CCN(Cc3ccccc3)CC1)C2.Cl. The molecule has 2 aromatic rings. The van der Waals surface area contributed by atoms with E-state index in [-0.39, 0.29) is 23.6 Å². The van der Waals surface area contributed by atoms with Crippen LogP contribution in [0.1, 0.15) is 47.7 Å². The second-order valence-electron chi connectivity index (χ2n) is 8.84. The van der Waals surface area contributed by atoms with Gasteiger partial charge >= 0.3 is 0 Å². The van der Waals surface area contributed by atoms with Crippen LogP contribution in [0.3, 0.4) is 0 Å². The third-order valence-electron chi connectivity index (χ3n) is 6.68. The Balaban J connectivity index is 0.00000256. The number of Topliss-reactive ketones (excluding diaryl/α,β-unsaturated/α-hetero) is 1. The van der Waals surface area contributed by atoms with Crippen molar-refractivity contribution in [1.29, 1.82) is 0 Å². The Kier molecular flexibility index (Phi) is 7.10. The molecule has 1 aliphatic carbocycles. The number of likely N-dealkylation sites (tertiary alicyclic amines) is 1. The Labute approximate surface area is 186 Å². The van der Waals surface area contributed by atoms with Crippen molar-refractivity contribution in [3.63, 3.8) is 0 Å². The summed E-state index contributed by atoms with van der Waals surface area (Å²) in [5.74, 6) is 2.21. The van der Waals surface area contributed by atoms with Gasteiger partial charge in [0.1, 0.15) is 0 Å². The molecule has 0 radical (unpaired) electrons. The fourth-order valence-corrected chi connectivity index (χ4v) is 5.10. The number of carbonyl (C=O) groups is 1. The Morgan fingerprint density at radius 3 is 2.30 bits per heavy atom. The number of hydrogen-bond acceptors (Lipinski definition) is 4. The molecule has 1 fully saturated rings. The number of carbonyl (C=O) groups excluding carboxylic acids is 1. The summed E-state index contributed by atoms with van der Waals surface area (Å²) >= 11 is 0. The van der Waals surface area contributed by atoms with Crippen molar-refractivity contribution in [1.82, 2.24) is 4.90 Å². The molecule has 4 nitrogen and oxygen atoms in total. The van der Waals surface area contributed by atoms with Crippen molar-refractivity contribution in [2.45, 2.75) is 39.2 Å². The maximum Gasteiger partial charge on any atom is 0.169 e. The zero-order chi connectivity index (χ0) is 20.4. The highest BCUT2D eigenvalue weighted by Crippen LogP contribution is 2.46. The predicted molar refractivity (Wildman–Crippen MR) is 122 cm³/mol. The molecule has 0 spiro atoms. The van der Waals surface area contributed by atoms with Crippen molar-refractivity contribution in [3.8, 4) is 11.5 Å². The molecule has 30 heavy (non-hydrogen) atoms. The molecular weight excluding hydrogens is 398 g/mol. The summed E-state index contributed by atoms with van der Waals surface area (Å²) in [7, 11) is 3.26. The molecule has 1 aliphatic heterocycles. The van der Waals surface area contributed by atoms with Gasteiger partial charge in [-0.25, -0.2) is 0 Å². The van der Waals surface area contributed by atoms with Gasteiger partial charge in [-0.3, -0.25) is 9.69 Å². The molecular formula is C25H32ClNO3. The van der Waals surface area contributed by atoms with E-state index < -0.39 is 0 Å². The number of rotatable bonds is 6. The van der Waals surface area contributed by atoms with Crippen LogP contribution in [0, 0.1) is 11.3 Å². The molecule has 2 aromatic carbocycles. The molecule has 162 valence electrons. The minimum absolute atomic E-state index is 0. The molecule has 1 atom stereocenters. The van der Waals surface area contributed by atoms with Crippen LogP contribution in [0.25, 0.3) is 0 Å². The van der Waals surface area contributed by atoms with Crippen LogP contribution in [-0.4, -0.2) is 38.0 Å². The third-order valence-corrected chi connectivity index (χ3v) is 6.68. The first-order valence-electron chi connectivity index (χ1n) is 10.6. The number of ketones is 1. The van der Waals surface area contributed by atoms with Crippen LogP contribution in [-0.2, 0) is 13.0 Å². The quantitative estimate of drug-likeness (QED) is 0.634. The molecule has 0 N–H and O–H groups in total. The van der Waals surface area contributed by atoms with Gasteiger partial charge in [0, 0.05) is 17.5 Å². The van der Waals surface area contributed by atoms with E-state index in [2.05, 4.69) is 42.2 Å². The van der Waals surface area contributed by atoms with Gasteiger partial charge in [-0.1, -0.05) is 37.3 Å². The van der Waals surface area contributed by atoms with E-state index in [0.29, 0.717) is 17.4 Å². The second-order valence-corrected chi connectivity index (χ2v) is 8.84. The topological polar surface area (TPSA) is 38.8 Å². The van der Waals surface area contributed by atoms with Crippen molar-refractivity contribution in [3.05, 3.63) is 59.2 Å². The summed E-state index contributed by atoms with van der Waals surface area (Å²) in [6, 6.07) is 14.5. The van der Waals surface area contributed by atoms with E-state index >= 15 is 0 Å². The van der Waals surface area contributed by atoms with Crippen molar-refractivity contribution >= 4 is 18.2 Å². The summed E-state index contributed by atoms with van der Waals surface area (Å²) in [4.78, 5) is 15.8. The first-order valence-corrected chi connectivity index (χ1v) is 10.6. The Bertz CT molecular complexity index is 877. The lowest BCUT2D eigenvalue weighted by molar-refractivity contribution is 0.0758. The van der Waals surface area contributed by atoms with Gasteiger partial charge in [-0.15, -0.1) is 12.4 Å². The molecule has 2 aliphatic rings. The minimum Gasteiger partial charge on any atom is -0.493 e. The van der Waals surface area contributed by atoms with Crippen molar-refractivity contribution < 1.29 is 14.3 Å². The number of methoxy groups -OCH3 is 2. The van der Waals surface area contributed by atoms with E-state index in [1.54, 1.807) is 14.2 Å². The normalized spacial score (nSPS) is 21.8. The Morgan fingerprint density at radius 2 is 1.67 bits per heavy atom. The van der Waals surface area contributed by atoms with Gasteiger partial charge in [0.05, 0.1) is 14.2 Å². The summed E-state index contributed by atoms with van der Waals surface area (Å²) in [6.07, 6.45) is 4.09. The molecule has 1 heterocycles. The largest absolute Gasteiger partial charge is 0.493 e. The lowest BCUT2D eigenvalue weighted by Crippen LogP contribution is -2.36. The number of ether oxygens (including phenoxy) is 2. The van der Waals surface area contributed by atoms with Crippen LogP contribution in [0.2, 0.25) is 0 Å². The summed E-state index contributed by atoms with van der Waals surface area (Å²) in [5.41, 5.74) is 2.97. The standard InChI is InChI=1S/C25H31NO3.ClH/c1-25(16-20-13-22(28-2)23(29-3)14-21(20)24(25)27)15-18-9-11-26(12-10-18)17-19-7-5-4-6-8-19;/h4-8,13-14,18H,9-12,15-17H2,1-3H3;1H. The van der Waals surface area contributed by atoms with Gasteiger partial charge in [0.2, 0.25) is 0 Å². The maximum atomic E-state index is 13.3. The van der Waals surface area contributed by atoms with Gasteiger partial charge in [-0.2, -0.15) is 0 Å². The summed E-state index contributed by atoms with van der Waals surface area (Å²) in [5, 5.41) is 0. The molecule has 5 heteroatoms. The van der Waals surface area contributed by atoms with Gasteiger partial charge < -0.3 is 9.47 Å². The Hall–Kier alpha value is -2.04. The highest BCUT2D eigenvalue weighted by Gasteiger charge is 2.43. The van der Waals surface area contributed by atoms with Gasteiger partial charge in [0.15, 0.2) is 17.3 Å². The van der Waals surface area contributed by atoms with Crippen molar-refractivity contribution in [2.24, 2.45) is 11.3 Å². The fourth-order valence-electron chi connectivity index (χ4n) is 5.10. The van der Waals surface area contributed by atoms with Crippen LogP contribution >= 0.6 is 12.4 Å². The summed E-state index contributed by atoms with van der Waals surface area (Å²) < 4.78 is 10.8. The van der Waals surface area contributed by atoms with Crippen LogP contribution in [0.15, 0.2) is 42.5 Å². The number of piperidine rings is 1. The third kappa shape index (κ3) is 4.50. The monoisotopic (exact) mass is 429 g/mol.